The van der Waals surface area contributed by atoms with Gasteiger partial charge >= 0.3 is 0 Å². The quantitative estimate of drug-likeness (QED) is 0.561. The number of carbonyl (C=O) groups is 1. The van der Waals surface area contributed by atoms with E-state index in [9.17, 15) is 4.79 Å². The van der Waals surface area contributed by atoms with Crippen LogP contribution in [0.15, 0.2) is 0 Å². The molecule has 16 heavy (non-hydrogen) atoms. The van der Waals surface area contributed by atoms with Gasteiger partial charge in [0.05, 0.1) is 0 Å². The highest BCUT2D eigenvalue weighted by Gasteiger charge is 2.38. The maximum absolute atomic E-state index is 11.9. The van der Waals surface area contributed by atoms with Gasteiger partial charge in [-0.05, 0) is 31.1 Å². The molecule has 1 N–H and O–H groups in total. The van der Waals surface area contributed by atoms with Crippen molar-refractivity contribution in [2.24, 2.45) is 11.3 Å². The summed E-state index contributed by atoms with van der Waals surface area (Å²) in [6.45, 7) is 5.16. The van der Waals surface area contributed by atoms with Gasteiger partial charge in [-0.3, -0.25) is 4.79 Å². The second-order valence-electron chi connectivity index (χ2n) is 5.39. The number of terminal acetylenes is 1. The molecule has 0 spiro atoms. The molecule has 0 aromatic rings. The minimum absolute atomic E-state index is 0.183. The van der Waals surface area contributed by atoms with Crippen LogP contribution in [0.4, 0.5) is 0 Å². The fraction of sp³-hybridized carbons (Fsp3) is 0.786. The summed E-state index contributed by atoms with van der Waals surface area (Å²) >= 11 is 0. The molecule has 2 heteroatoms. The van der Waals surface area contributed by atoms with Crippen molar-refractivity contribution in [3.8, 4) is 12.3 Å². The van der Waals surface area contributed by atoms with Gasteiger partial charge in [-0.2, -0.15) is 0 Å². The van der Waals surface area contributed by atoms with Crippen LogP contribution in [0.2, 0.25) is 0 Å². The van der Waals surface area contributed by atoms with Gasteiger partial charge < -0.3 is 5.32 Å². The highest BCUT2D eigenvalue weighted by atomic mass is 16.1. The lowest BCUT2D eigenvalue weighted by molar-refractivity contribution is -0.127. The highest BCUT2D eigenvalue weighted by molar-refractivity contribution is 5.79. The van der Waals surface area contributed by atoms with Gasteiger partial charge in [0.15, 0.2) is 0 Å². The van der Waals surface area contributed by atoms with Gasteiger partial charge in [0.1, 0.15) is 0 Å². The van der Waals surface area contributed by atoms with Crippen LogP contribution in [0.5, 0.6) is 0 Å². The molecule has 90 valence electrons. The topological polar surface area (TPSA) is 29.1 Å². The monoisotopic (exact) mass is 221 g/mol. The molecule has 1 fully saturated rings. The van der Waals surface area contributed by atoms with Crippen molar-refractivity contribution in [3.05, 3.63) is 0 Å². The van der Waals surface area contributed by atoms with E-state index in [0.29, 0.717) is 0 Å². The fourth-order valence-corrected chi connectivity index (χ4v) is 2.50. The molecule has 2 nitrogen and oxygen atoms in total. The summed E-state index contributed by atoms with van der Waals surface area (Å²) in [5, 5.41) is 3.03. The summed E-state index contributed by atoms with van der Waals surface area (Å²) in [6.07, 6.45) is 11.4. The number of amides is 1. The Bertz CT molecular complexity index is 275. The summed E-state index contributed by atoms with van der Waals surface area (Å²) in [4.78, 5) is 11.9. The van der Waals surface area contributed by atoms with Gasteiger partial charge in [-0.15, -0.1) is 12.3 Å². The Kier molecular flexibility index (Phi) is 4.86. The Morgan fingerprint density at radius 2 is 2.25 bits per heavy atom. The Morgan fingerprint density at radius 3 is 2.81 bits per heavy atom. The van der Waals surface area contributed by atoms with Crippen LogP contribution >= 0.6 is 0 Å². The Morgan fingerprint density at radius 1 is 1.50 bits per heavy atom. The van der Waals surface area contributed by atoms with Crippen LogP contribution in [0.3, 0.4) is 0 Å². The van der Waals surface area contributed by atoms with E-state index in [2.05, 4.69) is 25.1 Å². The van der Waals surface area contributed by atoms with Crippen LogP contribution in [0.1, 0.15) is 52.4 Å². The van der Waals surface area contributed by atoms with Crippen molar-refractivity contribution < 1.29 is 4.79 Å². The third kappa shape index (κ3) is 3.56. The van der Waals surface area contributed by atoms with Crippen LogP contribution in [-0.4, -0.2) is 12.5 Å². The second-order valence-corrected chi connectivity index (χ2v) is 5.39. The molecule has 0 radical (unpaired) electrons. The first-order valence-corrected chi connectivity index (χ1v) is 6.29. The molecule has 0 heterocycles. The lowest BCUT2D eigenvalue weighted by Gasteiger charge is -2.25. The van der Waals surface area contributed by atoms with Crippen LogP contribution in [-0.2, 0) is 4.79 Å². The van der Waals surface area contributed by atoms with E-state index in [0.717, 1.165) is 32.2 Å². The molecule has 0 aliphatic heterocycles. The van der Waals surface area contributed by atoms with Crippen molar-refractivity contribution >= 4 is 5.91 Å². The third-order valence-corrected chi connectivity index (χ3v) is 3.62. The largest absolute Gasteiger partial charge is 0.356 e. The van der Waals surface area contributed by atoms with Gasteiger partial charge in [-0.1, -0.05) is 20.3 Å². The predicted octanol–water partition coefficient (Wildman–Crippen LogP) is 2.73. The molecule has 1 aliphatic carbocycles. The fourth-order valence-electron chi connectivity index (χ4n) is 2.50. The van der Waals surface area contributed by atoms with Crippen LogP contribution in [0.25, 0.3) is 0 Å². The maximum atomic E-state index is 11.9. The minimum Gasteiger partial charge on any atom is -0.356 e. The first-order valence-electron chi connectivity index (χ1n) is 6.29. The number of rotatable bonds is 5. The van der Waals surface area contributed by atoms with E-state index in [1.807, 2.05) is 0 Å². The number of carbonyl (C=O) groups excluding carboxylic acids is 1. The van der Waals surface area contributed by atoms with Crippen molar-refractivity contribution in [2.75, 3.05) is 6.54 Å². The molecule has 0 aromatic carbocycles. The molecule has 1 amide bonds. The number of hydrogen-bond acceptors (Lipinski definition) is 1. The Balaban J connectivity index is 2.23. The summed E-state index contributed by atoms with van der Waals surface area (Å²) < 4.78 is 0. The van der Waals surface area contributed by atoms with Crippen molar-refractivity contribution in [3.63, 3.8) is 0 Å². The zero-order chi connectivity index (χ0) is 12.0. The molecule has 0 saturated heterocycles. The van der Waals surface area contributed by atoms with E-state index in [1.54, 1.807) is 0 Å². The predicted molar refractivity (Wildman–Crippen MR) is 66.8 cm³/mol. The molecule has 1 atom stereocenters. The summed E-state index contributed by atoms with van der Waals surface area (Å²) in [5.74, 6) is 3.06. The van der Waals surface area contributed by atoms with E-state index < -0.39 is 0 Å². The Labute approximate surface area is 99.2 Å². The van der Waals surface area contributed by atoms with Crippen LogP contribution < -0.4 is 5.32 Å². The molecule has 1 saturated carbocycles. The van der Waals surface area contributed by atoms with E-state index >= 15 is 0 Å². The molecule has 0 aromatic heterocycles. The smallest absolute Gasteiger partial charge is 0.223 e. The second kappa shape index (κ2) is 5.94. The van der Waals surface area contributed by atoms with E-state index in [1.165, 1.54) is 12.8 Å². The average molecular weight is 221 g/mol. The third-order valence-electron chi connectivity index (χ3n) is 3.62. The zero-order valence-corrected chi connectivity index (χ0v) is 10.5. The van der Waals surface area contributed by atoms with Gasteiger partial charge in [0.2, 0.25) is 5.91 Å². The van der Waals surface area contributed by atoms with E-state index in [4.69, 9.17) is 6.42 Å². The van der Waals surface area contributed by atoms with Gasteiger partial charge in [-0.25, -0.2) is 0 Å². The SMILES string of the molecule is C#CCCCCNC(=O)C1CCCC1(C)C. The lowest BCUT2D eigenvalue weighted by atomic mass is 9.81. The molecule has 1 rings (SSSR count). The number of unbranched alkanes of at least 4 members (excludes halogenated alkanes) is 2. The lowest BCUT2D eigenvalue weighted by Crippen LogP contribution is -2.36. The first-order chi connectivity index (χ1) is 7.58. The summed E-state index contributed by atoms with van der Waals surface area (Å²) in [6, 6.07) is 0. The normalized spacial score (nSPS) is 22.7. The van der Waals surface area contributed by atoms with Crippen molar-refractivity contribution in [1.82, 2.24) is 5.32 Å². The summed E-state index contributed by atoms with van der Waals surface area (Å²) in [5.41, 5.74) is 0.183. The molecule has 0 bridgehead atoms. The molecular weight excluding hydrogens is 198 g/mol. The highest BCUT2D eigenvalue weighted by Crippen LogP contribution is 2.42. The summed E-state index contributed by atoms with van der Waals surface area (Å²) in [7, 11) is 0. The number of hydrogen-bond donors (Lipinski definition) is 1. The molecule has 1 aliphatic rings. The van der Waals surface area contributed by atoms with Crippen LogP contribution in [0, 0.1) is 23.7 Å². The first kappa shape index (κ1) is 13.1. The maximum Gasteiger partial charge on any atom is 0.223 e. The van der Waals surface area contributed by atoms with Crippen molar-refractivity contribution in [2.45, 2.75) is 52.4 Å². The minimum atomic E-state index is 0.183. The molecular formula is C14H23NO. The standard InChI is InChI=1S/C14H23NO/c1-4-5-6-7-11-15-13(16)12-9-8-10-14(12,2)3/h1,12H,5-11H2,2-3H3,(H,15,16). The van der Waals surface area contributed by atoms with Gasteiger partial charge in [0, 0.05) is 18.9 Å². The molecule has 1 unspecified atom stereocenters. The van der Waals surface area contributed by atoms with E-state index in [-0.39, 0.29) is 17.2 Å². The number of nitrogens with one attached hydrogen (secondary N) is 1. The Hall–Kier alpha value is -0.970. The van der Waals surface area contributed by atoms with Gasteiger partial charge in [0.25, 0.3) is 0 Å². The average Bonchev–Trinajstić information content (AvgIpc) is 2.57. The zero-order valence-electron chi connectivity index (χ0n) is 10.5. The van der Waals surface area contributed by atoms with Crippen molar-refractivity contribution in [1.29, 1.82) is 0 Å².